The summed E-state index contributed by atoms with van der Waals surface area (Å²) in [5, 5.41) is 10.6. The van der Waals surface area contributed by atoms with Crippen molar-refractivity contribution in [3.8, 4) is 5.75 Å². The minimum absolute atomic E-state index is 0.153. The first kappa shape index (κ1) is 22.1. The molecule has 0 aliphatic rings. The van der Waals surface area contributed by atoms with E-state index in [0.29, 0.717) is 0 Å². The standard InChI is InChI=1S/C21H23F5O2/c1-13-9-14(5-7-17(13)23)11-20(27,21(24,25)26)12-19(2,3)16-10-15(22)6-8-18(16)28-4/h5-10,27H,11-12H2,1-4H3. The van der Waals surface area contributed by atoms with Crippen LogP contribution in [0.15, 0.2) is 36.4 Å². The van der Waals surface area contributed by atoms with Crippen molar-refractivity contribution in [3.05, 3.63) is 64.7 Å². The Morgan fingerprint density at radius 3 is 2.18 bits per heavy atom. The molecule has 0 heterocycles. The van der Waals surface area contributed by atoms with Crippen molar-refractivity contribution in [2.75, 3.05) is 7.11 Å². The highest BCUT2D eigenvalue weighted by Crippen LogP contribution is 2.45. The van der Waals surface area contributed by atoms with Gasteiger partial charge in [0.1, 0.15) is 17.4 Å². The molecule has 0 amide bonds. The molecule has 1 N–H and O–H groups in total. The summed E-state index contributed by atoms with van der Waals surface area (Å²) < 4.78 is 73.9. The van der Waals surface area contributed by atoms with E-state index in [2.05, 4.69) is 0 Å². The lowest BCUT2D eigenvalue weighted by Crippen LogP contribution is -2.50. The maximum atomic E-state index is 13.8. The summed E-state index contributed by atoms with van der Waals surface area (Å²) in [5.74, 6) is -0.925. The molecular weight excluding hydrogens is 379 g/mol. The Hall–Kier alpha value is -2.15. The fraction of sp³-hybridized carbons (Fsp3) is 0.429. The Bertz CT molecular complexity index is 845. The van der Waals surface area contributed by atoms with Crippen LogP contribution in [0.5, 0.6) is 5.75 Å². The van der Waals surface area contributed by atoms with Crippen molar-refractivity contribution >= 4 is 0 Å². The maximum Gasteiger partial charge on any atom is 0.417 e. The second-order valence-corrected chi connectivity index (χ2v) is 7.69. The van der Waals surface area contributed by atoms with Gasteiger partial charge in [0.05, 0.1) is 7.11 Å². The Morgan fingerprint density at radius 1 is 1.00 bits per heavy atom. The van der Waals surface area contributed by atoms with Gasteiger partial charge in [-0.2, -0.15) is 13.2 Å². The van der Waals surface area contributed by atoms with E-state index in [1.54, 1.807) is 0 Å². The van der Waals surface area contributed by atoms with Gasteiger partial charge >= 0.3 is 6.18 Å². The van der Waals surface area contributed by atoms with Crippen LogP contribution < -0.4 is 4.74 Å². The zero-order chi connectivity index (χ0) is 21.3. The zero-order valence-electron chi connectivity index (χ0n) is 16.1. The van der Waals surface area contributed by atoms with E-state index in [1.165, 1.54) is 46.1 Å². The van der Waals surface area contributed by atoms with Crippen molar-refractivity contribution < 1.29 is 31.8 Å². The molecule has 1 atom stereocenters. The third kappa shape index (κ3) is 4.63. The number of hydrogen-bond donors (Lipinski definition) is 1. The van der Waals surface area contributed by atoms with Gasteiger partial charge in [-0.05, 0) is 54.2 Å². The number of methoxy groups -OCH3 is 1. The minimum atomic E-state index is -4.95. The van der Waals surface area contributed by atoms with Crippen molar-refractivity contribution in [1.82, 2.24) is 0 Å². The van der Waals surface area contributed by atoms with Crippen LogP contribution in [-0.2, 0) is 11.8 Å². The van der Waals surface area contributed by atoms with Gasteiger partial charge in [0.2, 0.25) is 0 Å². The molecule has 0 spiro atoms. The molecule has 0 radical (unpaired) electrons. The summed E-state index contributed by atoms with van der Waals surface area (Å²) in [6.45, 7) is 4.40. The van der Waals surface area contributed by atoms with E-state index in [9.17, 15) is 27.1 Å². The molecule has 2 aromatic rings. The van der Waals surface area contributed by atoms with Gasteiger partial charge in [-0.25, -0.2) is 8.78 Å². The lowest BCUT2D eigenvalue weighted by molar-refractivity contribution is -0.266. The molecule has 0 fully saturated rings. The average molecular weight is 402 g/mol. The molecule has 28 heavy (non-hydrogen) atoms. The van der Waals surface area contributed by atoms with Crippen LogP contribution in [0.3, 0.4) is 0 Å². The number of aryl methyl sites for hydroxylation is 1. The fourth-order valence-corrected chi connectivity index (χ4v) is 3.45. The monoisotopic (exact) mass is 402 g/mol. The number of ether oxygens (including phenoxy) is 1. The van der Waals surface area contributed by atoms with Crippen LogP contribution >= 0.6 is 0 Å². The average Bonchev–Trinajstić information content (AvgIpc) is 2.56. The lowest BCUT2D eigenvalue weighted by Gasteiger charge is -2.38. The quantitative estimate of drug-likeness (QED) is 0.648. The number of rotatable bonds is 6. The molecule has 154 valence electrons. The highest BCUT2D eigenvalue weighted by molar-refractivity contribution is 5.40. The van der Waals surface area contributed by atoms with Crippen LogP contribution in [0.25, 0.3) is 0 Å². The van der Waals surface area contributed by atoms with Gasteiger partial charge in [-0.3, -0.25) is 0 Å². The third-order valence-corrected chi connectivity index (χ3v) is 4.87. The molecule has 7 heteroatoms. The highest BCUT2D eigenvalue weighted by atomic mass is 19.4. The first-order chi connectivity index (χ1) is 12.8. The molecule has 2 rings (SSSR count). The first-order valence-electron chi connectivity index (χ1n) is 8.67. The van der Waals surface area contributed by atoms with E-state index in [1.807, 2.05) is 0 Å². The van der Waals surface area contributed by atoms with Crippen LogP contribution in [0.1, 0.15) is 37.0 Å². The predicted molar refractivity (Wildman–Crippen MR) is 96.4 cm³/mol. The van der Waals surface area contributed by atoms with Crippen molar-refractivity contribution in [2.24, 2.45) is 0 Å². The molecule has 0 aromatic heterocycles. The molecule has 0 aliphatic heterocycles. The summed E-state index contributed by atoms with van der Waals surface area (Å²) in [4.78, 5) is 0. The normalized spacial score (nSPS) is 14.6. The Kier molecular flexibility index (Phi) is 6.09. The van der Waals surface area contributed by atoms with E-state index < -0.39 is 41.7 Å². The summed E-state index contributed by atoms with van der Waals surface area (Å²) in [6, 6.07) is 7.16. The molecule has 1 unspecified atom stereocenters. The van der Waals surface area contributed by atoms with Gasteiger partial charge in [0, 0.05) is 12.0 Å². The van der Waals surface area contributed by atoms with Gasteiger partial charge in [-0.1, -0.05) is 26.0 Å². The predicted octanol–water partition coefficient (Wildman–Crippen LogP) is 5.49. The Labute approximate surface area is 161 Å². The van der Waals surface area contributed by atoms with Gasteiger partial charge in [0.15, 0.2) is 5.60 Å². The smallest absolute Gasteiger partial charge is 0.417 e. The number of benzene rings is 2. The van der Waals surface area contributed by atoms with Crippen molar-refractivity contribution in [1.29, 1.82) is 0 Å². The molecule has 2 nitrogen and oxygen atoms in total. The van der Waals surface area contributed by atoms with E-state index in [-0.39, 0.29) is 22.4 Å². The van der Waals surface area contributed by atoms with E-state index in [4.69, 9.17) is 4.74 Å². The van der Waals surface area contributed by atoms with Crippen molar-refractivity contribution in [3.63, 3.8) is 0 Å². The number of halogens is 5. The number of alkyl halides is 3. The summed E-state index contributed by atoms with van der Waals surface area (Å²) >= 11 is 0. The van der Waals surface area contributed by atoms with Crippen molar-refractivity contribution in [2.45, 2.75) is 50.8 Å². The van der Waals surface area contributed by atoms with Crippen LogP contribution in [0, 0.1) is 18.6 Å². The summed E-state index contributed by atoms with van der Waals surface area (Å²) in [5.41, 5.74) is -3.81. The molecule has 0 saturated carbocycles. The van der Waals surface area contributed by atoms with Crippen LogP contribution in [-0.4, -0.2) is 24.0 Å². The largest absolute Gasteiger partial charge is 0.496 e. The molecule has 0 saturated heterocycles. The second kappa shape index (κ2) is 7.70. The lowest BCUT2D eigenvalue weighted by atomic mass is 9.72. The van der Waals surface area contributed by atoms with Gasteiger partial charge in [0.25, 0.3) is 0 Å². The summed E-state index contributed by atoms with van der Waals surface area (Å²) in [7, 11) is 1.34. The van der Waals surface area contributed by atoms with Gasteiger partial charge in [-0.15, -0.1) is 0 Å². The third-order valence-electron chi connectivity index (χ3n) is 4.87. The topological polar surface area (TPSA) is 29.5 Å². The SMILES string of the molecule is COc1ccc(F)cc1C(C)(C)CC(O)(Cc1ccc(F)c(C)c1)C(F)(F)F. The fourth-order valence-electron chi connectivity index (χ4n) is 3.45. The molecular formula is C21H23F5O2. The minimum Gasteiger partial charge on any atom is -0.496 e. The highest BCUT2D eigenvalue weighted by Gasteiger charge is 2.56. The Balaban J connectivity index is 2.45. The van der Waals surface area contributed by atoms with E-state index in [0.717, 1.165) is 18.2 Å². The van der Waals surface area contributed by atoms with E-state index >= 15 is 0 Å². The summed E-state index contributed by atoms with van der Waals surface area (Å²) in [6.07, 6.45) is -6.44. The maximum absolute atomic E-state index is 13.8. The Morgan fingerprint density at radius 2 is 1.64 bits per heavy atom. The number of aliphatic hydroxyl groups is 1. The molecule has 2 aromatic carbocycles. The zero-order valence-corrected chi connectivity index (χ0v) is 16.1. The molecule has 0 aliphatic carbocycles. The second-order valence-electron chi connectivity index (χ2n) is 7.69. The first-order valence-corrected chi connectivity index (χ1v) is 8.67. The molecule has 0 bridgehead atoms. The van der Waals surface area contributed by atoms with Gasteiger partial charge < -0.3 is 9.84 Å². The van der Waals surface area contributed by atoms with Crippen LogP contribution in [0.4, 0.5) is 22.0 Å². The number of hydrogen-bond acceptors (Lipinski definition) is 2. The van der Waals surface area contributed by atoms with Crippen LogP contribution in [0.2, 0.25) is 0 Å².